The zero-order valence-electron chi connectivity index (χ0n) is 15.2. The van der Waals surface area contributed by atoms with Gasteiger partial charge in [-0.2, -0.15) is 9.97 Å². The number of aryl methyl sites for hydroxylation is 1. The molecule has 136 valence electrons. The Morgan fingerprint density at radius 2 is 1.92 bits per heavy atom. The van der Waals surface area contributed by atoms with Gasteiger partial charge in [0.25, 0.3) is 6.01 Å². The molecule has 1 aliphatic carbocycles. The number of piperazine rings is 1. The Hall–Kier alpha value is -2.41. The fraction of sp³-hybridized carbons (Fsp3) is 0.526. The van der Waals surface area contributed by atoms with Crippen LogP contribution in [0.3, 0.4) is 0 Å². The lowest BCUT2D eigenvalue weighted by molar-refractivity contribution is 0.162. The third-order valence-corrected chi connectivity index (χ3v) is 5.42. The van der Waals surface area contributed by atoms with Gasteiger partial charge in [-0.3, -0.25) is 4.90 Å². The molecule has 0 spiro atoms. The quantitative estimate of drug-likeness (QED) is 0.713. The molecule has 0 amide bonds. The zero-order chi connectivity index (χ0) is 17.7. The van der Waals surface area contributed by atoms with Crippen LogP contribution in [0.4, 0.5) is 6.01 Å². The molecule has 7 nitrogen and oxygen atoms in total. The molecule has 0 N–H and O–H groups in total. The molecule has 1 aromatic carbocycles. The number of hydrogen-bond acceptors (Lipinski definition) is 7. The molecule has 0 bridgehead atoms. The Morgan fingerprint density at radius 3 is 2.69 bits per heavy atom. The van der Waals surface area contributed by atoms with Gasteiger partial charge >= 0.3 is 0 Å². The molecular weight excluding hydrogens is 330 g/mol. The summed E-state index contributed by atoms with van der Waals surface area (Å²) in [6.07, 6.45) is 2.38. The van der Waals surface area contributed by atoms with Crippen molar-refractivity contribution < 1.29 is 8.94 Å². The van der Waals surface area contributed by atoms with Gasteiger partial charge in [-0.25, -0.2) is 0 Å². The van der Waals surface area contributed by atoms with Crippen LogP contribution >= 0.6 is 0 Å². The summed E-state index contributed by atoms with van der Waals surface area (Å²) in [5.74, 6) is 2.14. The van der Waals surface area contributed by atoms with Crippen molar-refractivity contribution in [2.45, 2.75) is 38.6 Å². The van der Waals surface area contributed by atoms with Crippen LogP contribution in [0.25, 0.3) is 11.1 Å². The first kappa shape index (κ1) is 15.8. The predicted molar refractivity (Wildman–Crippen MR) is 97.2 cm³/mol. The Bertz CT molecular complexity index is 921. The second-order valence-electron chi connectivity index (χ2n) is 7.43. The first-order valence-corrected chi connectivity index (χ1v) is 9.37. The maximum atomic E-state index is 5.93. The largest absolute Gasteiger partial charge is 0.423 e. The third-order valence-electron chi connectivity index (χ3n) is 5.42. The van der Waals surface area contributed by atoms with E-state index in [9.17, 15) is 0 Å². The molecule has 7 heteroatoms. The molecule has 2 aromatic heterocycles. The number of benzene rings is 1. The minimum absolute atomic E-state index is 0.142. The summed E-state index contributed by atoms with van der Waals surface area (Å²) in [4.78, 5) is 13.8. The fourth-order valence-electron chi connectivity index (χ4n) is 3.54. The zero-order valence-corrected chi connectivity index (χ0v) is 15.2. The summed E-state index contributed by atoms with van der Waals surface area (Å²) in [6.45, 7) is 7.79. The van der Waals surface area contributed by atoms with Crippen molar-refractivity contribution in [3.8, 4) is 0 Å². The highest BCUT2D eigenvalue weighted by atomic mass is 16.5. The standard InChI is InChI=1S/C19H23N5O2/c1-12-3-6-16-15(11-12)20-19(25-16)24-9-7-23(8-10-24)13(2)18-21-17(22-26-18)14-4-5-14/h3,6,11,13-14H,4-5,7-10H2,1-2H3. The maximum absolute atomic E-state index is 5.93. The van der Waals surface area contributed by atoms with Crippen LogP contribution in [0.2, 0.25) is 0 Å². The number of oxazole rings is 1. The van der Waals surface area contributed by atoms with Gasteiger partial charge in [0, 0.05) is 32.1 Å². The van der Waals surface area contributed by atoms with Gasteiger partial charge in [0.1, 0.15) is 5.52 Å². The molecular formula is C19H23N5O2. The summed E-state index contributed by atoms with van der Waals surface area (Å²) in [5, 5.41) is 4.14. The summed E-state index contributed by atoms with van der Waals surface area (Å²) < 4.78 is 11.4. The molecule has 26 heavy (non-hydrogen) atoms. The molecule has 1 saturated heterocycles. The minimum atomic E-state index is 0.142. The molecule has 2 aliphatic rings. The third kappa shape index (κ3) is 2.86. The fourth-order valence-corrected chi connectivity index (χ4v) is 3.54. The predicted octanol–water partition coefficient (Wildman–Crippen LogP) is 3.28. The second kappa shape index (κ2) is 6.09. The van der Waals surface area contributed by atoms with E-state index < -0.39 is 0 Å². The number of nitrogens with zero attached hydrogens (tertiary/aromatic N) is 5. The van der Waals surface area contributed by atoms with Gasteiger partial charge in [-0.1, -0.05) is 11.2 Å². The van der Waals surface area contributed by atoms with Gasteiger partial charge < -0.3 is 13.8 Å². The van der Waals surface area contributed by atoms with E-state index in [4.69, 9.17) is 8.94 Å². The van der Waals surface area contributed by atoms with Crippen LogP contribution in [0.1, 0.15) is 49.0 Å². The molecule has 1 unspecified atom stereocenters. The van der Waals surface area contributed by atoms with Gasteiger partial charge in [-0.15, -0.1) is 0 Å². The number of fused-ring (bicyclic) bond motifs is 1. The molecule has 3 aromatic rings. The van der Waals surface area contributed by atoms with Crippen molar-refractivity contribution in [3.63, 3.8) is 0 Å². The van der Waals surface area contributed by atoms with Crippen molar-refractivity contribution in [1.29, 1.82) is 0 Å². The van der Waals surface area contributed by atoms with E-state index in [1.807, 2.05) is 6.07 Å². The van der Waals surface area contributed by atoms with Gasteiger partial charge in [0.05, 0.1) is 6.04 Å². The lowest BCUT2D eigenvalue weighted by atomic mass is 10.2. The van der Waals surface area contributed by atoms with E-state index in [-0.39, 0.29) is 6.04 Å². The summed E-state index contributed by atoms with van der Waals surface area (Å²) >= 11 is 0. The lowest BCUT2D eigenvalue weighted by Gasteiger charge is -2.35. The number of hydrogen-bond donors (Lipinski definition) is 0. The van der Waals surface area contributed by atoms with E-state index in [2.05, 4.69) is 50.9 Å². The minimum Gasteiger partial charge on any atom is -0.423 e. The smallest absolute Gasteiger partial charge is 0.298 e. The van der Waals surface area contributed by atoms with Crippen LogP contribution in [0, 0.1) is 6.92 Å². The molecule has 1 aliphatic heterocycles. The SMILES string of the molecule is Cc1ccc2oc(N3CCN(C(C)c4nc(C5CC5)no4)CC3)nc2c1. The van der Waals surface area contributed by atoms with Crippen LogP contribution in [0.5, 0.6) is 0 Å². The Kier molecular flexibility index (Phi) is 3.70. The molecule has 2 fully saturated rings. The van der Waals surface area contributed by atoms with Crippen LogP contribution in [0.15, 0.2) is 27.1 Å². The average molecular weight is 353 g/mol. The lowest BCUT2D eigenvalue weighted by Crippen LogP contribution is -2.47. The first-order chi connectivity index (χ1) is 12.7. The summed E-state index contributed by atoms with van der Waals surface area (Å²) in [5.41, 5.74) is 2.97. The molecule has 1 atom stereocenters. The van der Waals surface area contributed by atoms with Crippen LogP contribution in [-0.2, 0) is 0 Å². The van der Waals surface area contributed by atoms with Crippen LogP contribution in [-0.4, -0.2) is 46.2 Å². The van der Waals surface area contributed by atoms with E-state index in [0.29, 0.717) is 11.9 Å². The highest BCUT2D eigenvalue weighted by Crippen LogP contribution is 2.38. The first-order valence-electron chi connectivity index (χ1n) is 9.37. The normalized spacial score (nSPS) is 20.0. The topological polar surface area (TPSA) is 71.4 Å². The summed E-state index contributed by atoms with van der Waals surface area (Å²) in [7, 11) is 0. The van der Waals surface area contributed by atoms with Crippen molar-refractivity contribution in [3.05, 3.63) is 35.5 Å². The van der Waals surface area contributed by atoms with Crippen molar-refractivity contribution in [2.75, 3.05) is 31.1 Å². The number of rotatable bonds is 4. The van der Waals surface area contributed by atoms with Crippen molar-refractivity contribution in [2.24, 2.45) is 0 Å². The second-order valence-corrected chi connectivity index (χ2v) is 7.43. The molecule has 3 heterocycles. The Morgan fingerprint density at radius 1 is 1.12 bits per heavy atom. The van der Waals surface area contributed by atoms with Gasteiger partial charge in [0.15, 0.2) is 11.4 Å². The molecule has 1 saturated carbocycles. The van der Waals surface area contributed by atoms with Crippen LogP contribution < -0.4 is 4.90 Å². The summed E-state index contributed by atoms with van der Waals surface area (Å²) in [6, 6.07) is 6.97. The van der Waals surface area contributed by atoms with Crippen molar-refractivity contribution in [1.82, 2.24) is 20.0 Å². The van der Waals surface area contributed by atoms with E-state index in [1.54, 1.807) is 0 Å². The highest BCUT2D eigenvalue weighted by Gasteiger charge is 2.32. The number of aromatic nitrogens is 3. The molecule has 0 radical (unpaired) electrons. The number of anilines is 1. The molecule has 5 rings (SSSR count). The van der Waals surface area contributed by atoms with E-state index in [0.717, 1.165) is 49.0 Å². The average Bonchev–Trinajstić information content (AvgIpc) is 3.24. The maximum Gasteiger partial charge on any atom is 0.298 e. The van der Waals surface area contributed by atoms with Crippen molar-refractivity contribution >= 4 is 17.1 Å². The van der Waals surface area contributed by atoms with Gasteiger partial charge in [-0.05, 0) is 44.4 Å². The van der Waals surface area contributed by atoms with Gasteiger partial charge in [0.2, 0.25) is 5.89 Å². The highest BCUT2D eigenvalue weighted by molar-refractivity contribution is 5.75. The Balaban J connectivity index is 1.25. The van der Waals surface area contributed by atoms with E-state index >= 15 is 0 Å². The Labute approximate surface area is 152 Å². The monoisotopic (exact) mass is 353 g/mol. The van der Waals surface area contributed by atoms with E-state index in [1.165, 1.54) is 18.4 Å².